The fourth-order valence-electron chi connectivity index (χ4n) is 13.0. The summed E-state index contributed by atoms with van der Waals surface area (Å²) < 4.78 is 0. The summed E-state index contributed by atoms with van der Waals surface area (Å²) in [6.07, 6.45) is 1.48. The molecule has 2 fully saturated rings. The standard InChI is InChI=1S/C80H98ClN19O17/c1-42(2)31-56(69(106)96-63(40-85-79(116)86-43(3)4)77(114)100-30-10-14-65(100)76(113)87-44(5)67(82)104)91-71(108)59(34-48-20-27-55(28-21-48)90-78(83)115)93-73(110)60(35-47-18-25-54(26-19-47)89-68(105)62-38-66(103)99-80(117)98-62)95-75(112)64(41-101)97-74(111)61(37-50-11-9-29-84-39-50)94-72(109)58(33-46-16-23-53(81)24-17-46)92-70(107)57(88-45(6)102)36-49-15-22-51-12-7-8-13-52(51)32-49/h7-9,11-13,15-29,32,39,42-44,56-65,101H,10,14,30-31,33-38,40-41H2,1-6H3,(H2,82,104)(H,87,113)(H,88,102)(H,89,105)(H,91,108)(H,92,107)(H,93,110)(H,94,109)(H,95,112)(H,96,106)(H,97,111)(H3,83,90,115)(H2,85,86,116)(H2,98,99,103,117)/t44-,56+,57-,58-,59-,60+,61-,62+,63+,64+,65+/m1/s1. The van der Waals surface area contributed by atoms with Gasteiger partial charge in [-0.25, -0.2) is 14.4 Å². The van der Waals surface area contributed by atoms with Crippen molar-refractivity contribution in [2.24, 2.45) is 17.4 Å². The highest BCUT2D eigenvalue weighted by Gasteiger charge is 2.41. The number of nitrogens with one attached hydrogen (secondary N) is 15. The number of rotatable bonds is 38. The molecule has 0 bridgehead atoms. The minimum absolute atomic E-state index is 0.00545. The summed E-state index contributed by atoms with van der Waals surface area (Å²) in [5, 5.41) is 51.7. The van der Waals surface area contributed by atoms with Gasteiger partial charge >= 0.3 is 18.1 Å². The number of urea groups is 3. The third-order valence-corrected chi connectivity index (χ3v) is 19.1. The van der Waals surface area contributed by atoms with Gasteiger partial charge in [0.15, 0.2) is 0 Å². The molecule has 11 atom stereocenters. The Morgan fingerprint density at radius 1 is 0.530 bits per heavy atom. The number of halogens is 1. The van der Waals surface area contributed by atoms with Crippen LogP contribution >= 0.6 is 11.6 Å². The highest BCUT2D eigenvalue weighted by molar-refractivity contribution is 6.30. The number of aliphatic hydroxyl groups is 1. The fourth-order valence-corrected chi connectivity index (χ4v) is 13.1. The van der Waals surface area contributed by atoms with Gasteiger partial charge in [-0.1, -0.05) is 110 Å². The molecular weight excluding hydrogens is 1530 g/mol. The van der Waals surface area contributed by atoms with Crippen molar-refractivity contribution in [1.82, 2.24) is 79.0 Å². The number of fused-ring (bicyclic) bond motifs is 1. The van der Waals surface area contributed by atoms with Crippen LogP contribution in [0.2, 0.25) is 5.02 Å². The Hall–Kier alpha value is -13.1. The molecule has 2 saturated heterocycles. The van der Waals surface area contributed by atoms with E-state index in [2.05, 4.69) is 79.4 Å². The molecule has 0 aliphatic carbocycles. The van der Waals surface area contributed by atoms with Gasteiger partial charge in [0.05, 0.1) is 13.0 Å². The molecule has 19 amide bonds. The number of primary amides is 2. The second-order valence-electron chi connectivity index (χ2n) is 29.2. The molecule has 0 radical (unpaired) electrons. The quantitative estimate of drug-likeness (QED) is 0.0244. The number of amides is 19. The number of pyridine rings is 1. The van der Waals surface area contributed by atoms with Crippen molar-refractivity contribution in [2.75, 3.05) is 30.3 Å². The van der Waals surface area contributed by atoms with Crippen molar-refractivity contribution in [3.63, 3.8) is 0 Å². The predicted octanol–water partition coefficient (Wildman–Crippen LogP) is 0.0540. The van der Waals surface area contributed by atoms with E-state index in [-0.39, 0.29) is 74.0 Å². The van der Waals surface area contributed by atoms with E-state index < -0.39 is 187 Å². The zero-order valence-corrected chi connectivity index (χ0v) is 65.9. The van der Waals surface area contributed by atoms with E-state index in [1.54, 1.807) is 70.2 Å². The second-order valence-corrected chi connectivity index (χ2v) is 29.6. The Labute approximate surface area is 678 Å². The molecule has 3 heterocycles. The topological polar surface area (TPSA) is 542 Å². The minimum Gasteiger partial charge on any atom is -0.394 e. The lowest BCUT2D eigenvalue weighted by Crippen LogP contribution is -2.62. The van der Waals surface area contributed by atoms with E-state index in [1.807, 2.05) is 41.7 Å². The van der Waals surface area contributed by atoms with Crippen LogP contribution in [0.25, 0.3) is 10.8 Å². The van der Waals surface area contributed by atoms with Gasteiger partial charge in [-0.2, -0.15) is 0 Å². The van der Waals surface area contributed by atoms with Crippen LogP contribution < -0.4 is 91.2 Å². The van der Waals surface area contributed by atoms with Crippen LogP contribution in [-0.4, -0.2) is 202 Å². The largest absolute Gasteiger partial charge is 0.394 e. The maximum absolute atomic E-state index is 15.4. The zero-order valence-electron chi connectivity index (χ0n) is 65.2. The number of aromatic nitrogens is 1. The smallest absolute Gasteiger partial charge is 0.322 e. The number of carbonyl (C=O) groups excluding carboxylic acids is 16. The molecule has 20 N–H and O–H groups in total. The number of hydrogen-bond donors (Lipinski definition) is 18. The third kappa shape index (κ3) is 27.9. The van der Waals surface area contributed by atoms with Gasteiger partial charge in [0.1, 0.15) is 66.5 Å². The number of aliphatic hydroxyl groups excluding tert-OH is 1. The monoisotopic (exact) mass is 1630 g/mol. The van der Waals surface area contributed by atoms with Crippen LogP contribution in [0.3, 0.4) is 0 Å². The lowest BCUT2D eigenvalue weighted by atomic mass is 9.99. The summed E-state index contributed by atoms with van der Waals surface area (Å²) in [5.41, 5.74) is 13.3. The van der Waals surface area contributed by atoms with Gasteiger partial charge in [-0.15, -0.1) is 0 Å². The van der Waals surface area contributed by atoms with Crippen molar-refractivity contribution in [3.05, 3.63) is 173 Å². The summed E-state index contributed by atoms with van der Waals surface area (Å²) in [6.45, 7) is 7.73. The van der Waals surface area contributed by atoms with Crippen LogP contribution in [-0.2, 0) is 94.4 Å². The van der Waals surface area contributed by atoms with Crippen molar-refractivity contribution in [2.45, 2.75) is 172 Å². The summed E-state index contributed by atoms with van der Waals surface area (Å²) >= 11 is 6.26. The minimum atomic E-state index is -1.95. The van der Waals surface area contributed by atoms with Gasteiger partial charge < -0.3 is 95.9 Å². The van der Waals surface area contributed by atoms with E-state index >= 15 is 9.59 Å². The Kier molecular flexibility index (Phi) is 32.7. The number of nitrogens with two attached hydrogens (primary N) is 2. The number of imide groups is 1. The van der Waals surface area contributed by atoms with Crippen LogP contribution in [0, 0.1) is 5.92 Å². The predicted molar refractivity (Wildman–Crippen MR) is 429 cm³/mol. The van der Waals surface area contributed by atoms with Crippen molar-refractivity contribution < 1.29 is 81.8 Å². The van der Waals surface area contributed by atoms with E-state index in [9.17, 15) is 72.2 Å². The summed E-state index contributed by atoms with van der Waals surface area (Å²) in [5.74, 6) is -11.8. The van der Waals surface area contributed by atoms with Crippen molar-refractivity contribution in [1.29, 1.82) is 0 Å². The van der Waals surface area contributed by atoms with E-state index in [0.29, 0.717) is 33.7 Å². The molecule has 8 rings (SSSR count). The van der Waals surface area contributed by atoms with E-state index in [0.717, 1.165) is 10.8 Å². The van der Waals surface area contributed by atoms with Gasteiger partial charge in [0, 0.05) is 87.0 Å². The number of carbonyl (C=O) groups is 16. The molecule has 0 spiro atoms. The highest BCUT2D eigenvalue weighted by Crippen LogP contribution is 2.23. The molecular formula is C80H98ClN19O17. The van der Waals surface area contributed by atoms with Gasteiger partial charge in [-0.3, -0.25) is 72.6 Å². The molecule has 36 nitrogen and oxygen atoms in total. The molecule has 622 valence electrons. The Morgan fingerprint density at radius 3 is 1.51 bits per heavy atom. The maximum atomic E-state index is 15.4. The first-order valence-electron chi connectivity index (χ1n) is 37.9. The van der Waals surface area contributed by atoms with E-state index in [1.165, 1.54) is 79.7 Å². The SMILES string of the molecule is CC(=O)N[C@H](Cc1ccc2ccccc2c1)C(=O)N[C@H](Cc1ccc(Cl)cc1)C(=O)N[C@H](Cc1cccnc1)C(=O)N[C@@H](CO)C(=O)N[C@@H](Cc1ccc(NC(=O)[C@@H]2CC(=O)NC(=O)N2)cc1)C(=O)N[C@H](Cc1ccc(NC(N)=O)cc1)C(=O)N[C@@H](CC(C)C)C(=O)N[C@@H](CNC(=O)NC(C)C)C(=O)N1CCC[C@H]1C(=O)N[C@H](C)C(N)=O. The Bertz CT molecular complexity index is 4600. The second kappa shape index (κ2) is 42.8. The van der Waals surface area contributed by atoms with E-state index in [4.69, 9.17) is 23.1 Å². The normalized spacial score (nSPS) is 16.0. The molecule has 2 aliphatic rings. The number of anilines is 2. The van der Waals surface area contributed by atoms with Crippen LogP contribution in [0.15, 0.2) is 140 Å². The molecule has 1 aromatic heterocycles. The molecule has 0 unspecified atom stereocenters. The third-order valence-electron chi connectivity index (χ3n) is 18.9. The molecule has 5 aromatic carbocycles. The Morgan fingerprint density at radius 2 is 1.01 bits per heavy atom. The van der Waals surface area contributed by atoms with Crippen LogP contribution in [0.1, 0.15) is 95.0 Å². The number of nitrogens with zero attached hydrogens (tertiary/aromatic N) is 2. The van der Waals surface area contributed by atoms with Crippen LogP contribution in [0.5, 0.6) is 0 Å². The lowest BCUT2D eigenvalue weighted by Gasteiger charge is -2.31. The molecule has 37 heteroatoms. The summed E-state index contributed by atoms with van der Waals surface area (Å²) in [4.78, 5) is 226. The highest BCUT2D eigenvalue weighted by atomic mass is 35.5. The van der Waals surface area contributed by atoms with Crippen molar-refractivity contribution in [3.8, 4) is 0 Å². The molecule has 2 aliphatic heterocycles. The van der Waals surface area contributed by atoms with Gasteiger partial charge in [-0.05, 0) is 127 Å². The first-order chi connectivity index (χ1) is 55.7. The first-order valence-corrected chi connectivity index (χ1v) is 38.3. The maximum Gasteiger partial charge on any atom is 0.322 e. The summed E-state index contributed by atoms with van der Waals surface area (Å²) in [7, 11) is 0. The Balaban J connectivity index is 1.10. The number of likely N-dealkylation sites (tertiary alicyclic amines) is 1. The van der Waals surface area contributed by atoms with Crippen LogP contribution in [0.4, 0.5) is 25.8 Å². The fraction of sp³-hybridized carbons (Fsp3) is 0.388. The average molecular weight is 1630 g/mol. The molecule has 117 heavy (non-hydrogen) atoms. The van der Waals surface area contributed by atoms with Gasteiger partial charge in [0.25, 0.3) is 0 Å². The summed E-state index contributed by atoms with van der Waals surface area (Å²) in [6, 6.07) is 14.8. The zero-order chi connectivity index (χ0) is 85.2. The molecule has 6 aromatic rings. The molecule has 0 saturated carbocycles. The first kappa shape index (κ1) is 89.4. The van der Waals surface area contributed by atoms with Gasteiger partial charge in [0.2, 0.25) is 76.8 Å². The number of hydrogen-bond acceptors (Lipinski definition) is 18. The average Bonchev–Trinajstić information content (AvgIpc) is 1.66. The van der Waals surface area contributed by atoms with Crippen molar-refractivity contribution >= 4 is 129 Å². The lowest BCUT2D eigenvalue weighted by molar-refractivity contribution is -0.142. The number of benzene rings is 5.